The van der Waals surface area contributed by atoms with Gasteiger partial charge in [-0.2, -0.15) is 0 Å². The van der Waals surface area contributed by atoms with E-state index in [1.807, 2.05) is 36.4 Å². The Morgan fingerprint density at radius 3 is 2.62 bits per heavy atom. The quantitative estimate of drug-likeness (QED) is 0.748. The molecular weight excluding hydrogens is 282 g/mol. The van der Waals surface area contributed by atoms with Gasteiger partial charge in [-0.15, -0.1) is 0 Å². The molecule has 1 heterocycles. The molecule has 3 rings (SSSR count). The third-order valence-corrected chi connectivity index (χ3v) is 3.70. The zero-order valence-corrected chi connectivity index (χ0v) is 12.5. The number of anilines is 1. The molecule has 0 amide bonds. The highest BCUT2D eigenvalue weighted by atomic mass is 35.5. The highest BCUT2D eigenvalue weighted by Crippen LogP contribution is 2.25. The molecule has 0 saturated heterocycles. The van der Waals surface area contributed by atoms with E-state index in [9.17, 15) is 0 Å². The first-order chi connectivity index (χ1) is 10.3. The molecule has 3 aromatic rings. The molecule has 1 atom stereocenters. The Hall–Kier alpha value is -2.13. The van der Waals surface area contributed by atoms with Gasteiger partial charge in [-0.05, 0) is 42.3 Å². The van der Waals surface area contributed by atoms with Crippen LogP contribution in [0.3, 0.4) is 0 Å². The van der Waals surface area contributed by atoms with E-state index in [1.165, 1.54) is 5.56 Å². The summed E-state index contributed by atoms with van der Waals surface area (Å²) in [6, 6.07) is 14.2. The van der Waals surface area contributed by atoms with E-state index < -0.39 is 0 Å². The van der Waals surface area contributed by atoms with Crippen LogP contribution in [0.4, 0.5) is 5.69 Å². The van der Waals surface area contributed by atoms with E-state index in [4.69, 9.17) is 11.6 Å². The standard InChI is InChI=1S/C17H16ClN3/c1-2-15(12-4-3-5-13(18)10-12)21-14-6-7-16-17(11-14)20-9-8-19-16/h3-11,15,21H,2H2,1H3. The van der Waals surface area contributed by atoms with E-state index in [0.717, 1.165) is 28.2 Å². The van der Waals surface area contributed by atoms with Crippen molar-refractivity contribution in [2.75, 3.05) is 5.32 Å². The van der Waals surface area contributed by atoms with Crippen molar-refractivity contribution in [1.29, 1.82) is 0 Å². The summed E-state index contributed by atoms with van der Waals surface area (Å²) in [5.74, 6) is 0. The van der Waals surface area contributed by atoms with Crippen LogP contribution in [0.1, 0.15) is 24.9 Å². The number of aromatic nitrogens is 2. The van der Waals surface area contributed by atoms with Crippen LogP contribution in [-0.2, 0) is 0 Å². The summed E-state index contributed by atoms with van der Waals surface area (Å²) in [6.45, 7) is 2.15. The van der Waals surface area contributed by atoms with E-state index in [0.29, 0.717) is 0 Å². The average Bonchev–Trinajstić information content (AvgIpc) is 2.52. The van der Waals surface area contributed by atoms with Gasteiger partial charge in [0, 0.05) is 23.1 Å². The second-order valence-electron chi connectivity index (χ2n) is 4.92. The van der Waals surface area contributed by atoms with Crippen LogP contribution in [0, 0.1) is 0 Å². The van der Waals surface area contributed by atoms with Crippen molar-refractivity contribution in [2.24, 2.45) is 0 Å². The molecular formula is C17H16ClN3. The third-order valence-electron chi connectivity index (χ3n) is 3.47. The Bertz CT molecular complexity index is 758. The number of halogens is 1. The van der Waals surface area contributed by atoms with Gasteiger partial charge in [-0.1, -0.05) is 30.7 Å². The van der Waals surface area contributed by atoms with Gasteiger partial charge in [0.2, 0.25) is 0 Å². The largest absolute Gasteiger partial charge is 0.378 e. The second kappa shape index (κ2) is 6.10. The van der Waals surface area contributed by atoms with Crippen LogP contribution in [-0.4, -0.2) is 9.97 Å². The first-order valence-corrected chi connectivity index (χ1v) is 7.37. The molecule has 1 unspecified atom stereocenters. The van der Waals surface area contributed by atoms with Crippen LogP contribution in [0.2, 0.25) is 5.02 Å². The monoisotopic (exact) mass is 297 g/mol. The van der Waals surface area contributed by atoms with Gasteiger partial charge in [-0.25, -0.2) is 0 Å². The lowest BCUT2D eigenvalue weighted by atomic mass is 10.0. The molecule has 0 bridgehead atoms. The molecule has 0 aliphatic carbocycles. The number of nitrogens with one attached hydrogen (secondary N) is 1. The van der Waals surface area contributed by atoms with Crippen LogP contribution in [0.15, 0.2) is 54.9 Å². The van der Waals surface area contributed by atoms with Crippen molar-refractivity contribution in [3.63, 3.8) is 0 Å². The minimum atomic E-state index is 0.220. The number of hydrogen-bond donors (Lipinski definition) is 1. The van der Waals surface area contributed by atoms with Gasteiger partial charge in [0.25, 0.3) is 0 Å². The molecule has 3 nitrogen and oxygen atoms in total. The van der Waals surface area contributed by atoms with E-state index in [2.05, 4.69) is 28.3 Å². The summed E-state index contributed by atoms with van der Waals surface area (Å²) in [6.07, 6.45) is 4.38. The Labute approximate surface area is 129 Å². The molecule has 1 N–H and O–H groups in total. The SMILES string of the molecule is CCC(Nc1ccc2nccnc2c1)c1cccc(Cl)c1. The van der Waals surface area contributed by atoms with Crippen molar-refractivity contribution < 1.29 is 0 Å². The fourth-order valence-corrected chi connectivity index (χ4v) is 2.60. The Kier molecular flexibility index (Phi) is 4.02. The maximum Gasteiger partial charge on any atom is 0.0907 e. The summed E-state index contributed by atoms with van der Waals surface area (Å²) in [4.78, 5) is 8.62. The van der Waals surface area contributed by atoms with Gasteiger partial charge >= 0.3 is 0 Å². The normalized spacial score (nSPS) is 12.3. The van der Waals surface area contributed by atoms with Crippen molar-refractivity contribution in [3.8, 4) is 0 Å². The molecule has 0 aliphatic heterocycles. The summed E-state index contributed by atoms with van der Waals surface area (Å²) >= 11 is 6.08. The molecule has 1 aromatic heterocycles. The molecule has 0 aliphatic rings. The molecule has 106 valence electrons. The number of nitrogens with zero attached hydrogens (tertiary/aromatic N) is 2. The smallest absolute Gasteiger partial charge is 0.0907 e. The van der Waals surface area contributed by atoms with Crippen molar-refractivity contribution in [2.45, 2.75) is 19.4 Å². The minimum Gasteiger partial charge on any atom is -0.378 e. The highest BCUT2D eigenvalue weighted by Gasteiger charge is 2.10. The minimum absolute atomic E-state index is 0.220. The Morgan fingerprint density at radius 2 is 1.86 bits per heavy atom. The zero-order chi connectivity index (χ0) is 14.7. The van der Waals surface area contributed by atoms with Crippen molar-refractivity contribution >= 4 is 28.3 Å². The molecule has 21 heavy (non-hydrogen) atoms. The Balaban J connectivity index is 1.88. The van der Waals surface area contributed by atoms with E-state index >= 15 is 0 Å². The molecule has 0 spiro atoms. The number of hydrogen-bond acceptors (Lipinski definition) is 3. The lowest BCUT2D eigenvalue weighted by Gasteiger charge is -2.19. The van der Waals surface area contributed by atoms with Crippen molar-refractivity contribution in [1.82, 2.24) is 9.97 Å². The van der Waals surface area contributed by atoms with Crippen LogP contribution in [0.5, 0.6) is 0 Å². The Morgan fingerprint density at radius 1 is 1.05 bits per heavy atom. The fraction of sp³-hybridized carbons (Fsp3) is 0.176. The lowest BCUT2D eigenvalue weighted by molar-refractivity contribution is 0.749. The maximum atomic E-state index is 6.08. The van der Waals surface area contributed by atoms with Gasteiger partial charge < -0.3 is 5.32 Å². The topological polar surface area (TPSA) is 37.8 Å². The third kappa shape index (κ3) is 3.14. The highest BCUT2D eigenvalue weighted by molar-refractivity contribution is 6.30. The number of fused-ring (bicyclic) bond motifs is 1. The predicted octanol–water partition coefficient (Wildman–Crippen LogP) is 4.85. The van der Waals surface area contributed by atoms with Crippen LogP contribution < -0.4 is 5.32 Å². The molecule has 0 fully saturated rings. The molecule has 2 aromatic carbocycles. The van der Waals surface area contributed by atoms with Gasteiger partial charge in [0.1, 0.15) is 0 Å². The number of benzene rings is 2. The van der Waals surface area contributed by atoms with Gasteiger partial charge in [-0.3, -0.25) is 9.97 Å². The molecule has 0 radical (unpaired) electrons. The van der Waals surface area contributed by atoms with Crippen LogP contribution >= 0.6 is 11.6 Å². The zero-order valence-electron chi connectivity index (χ0n) is 11.8. The lowest BCUT2D eigenvalue weighted by Crippen LogP contribution is -2.09. The summed E-state index contributed by atoms with van der Waals surface area (Å²) in [5.41, 5.74) is 4.02. The predicted molar refractivity (Wildman–Crippen MR) is 87.6 cm³/mol. The van der Waals surface area contributed by atoms with Crippen molar-refractivity contribution in [3.05, 3.63) is 65.4 Å². The number of rotatable bonds is 4. The van der Waals surface area contributed by atoms with Crippen LogP contribution in [0.25, 0.3) is 11.0 Å². The first kappa shape index (κ1) is 13.8. The van der Waals surface area contributed by atoms with E-state index in [-0.39, 0.29) is 6.04 Å². The fourth-order valence-electron chi connectivity index (χ4n) is 2.40. The van der Waals surface area contributed by atoms with Gasteiger partial charge in [0.15, 0.2) is 0 Å². The second-order valence-corrected chi connectivity index (χ2v) is 5.36. The maximum absolute atomic E-state index is 6.08. The first-order valence-electron chi connectivity index (χ1n) is 6.99. The molecule has 4 heteroatoms. The van der Waals surface area contributed by atoms with E-state index in [1.54, 1.807) is 12.4 Å². The summed E-state index contributed by atoms with van der Waals surface area (Å²) in [5, 5.41) is 4.30. The summed E-state index contributed by atoms with van der Waals surface area (Å²) in [7, 11) is 0. The molecule has 0 saturated carbocycles. The average molecular weight is 298 g/mol. The van der Waals surface area contributed by atoms with Gasteiger partial charge in [0.05, 0.1) is 17.1 Å². The summed E-state index contributed by atoms with van der Waals surface area (Å²) < 4.78 is 0.